The Bertz CT molecular complexity index is 1170. The molecular formula is C25H23N3O5. The van der Waals surface area contributed by atoms with E-state index in [0.717, 1.165) is 16.7 Å². The second kappa shape index (κ2) is 8.63. The molecule has 0 bridgehead atoms. The molecule has 0 radical (unpaired) electrons. The number of nitrogens with zero attached hydrogens (tertiary/aromatic N) is 2. The van der Waals surface area contributed by atoms with E-state index in [1.165, 1.54) is 0 Å². The molecule has 2 aromatic carbocycles. The molecule has 3 aliphatic rings. The molecule has 8 heteroatoms. The van der Waals surface area contributed by atoms with E-state index < -0.39 is 11.9 Å². The minimum atomic E-state index is -0.618. The fraction of sp³-hybridized carbons (Fsp3) is 0.280. The van der Waals surface area contributed by atoms with Gasteiger partial charge in [0.15, 0.2) is 0 Å². The summed E-state index contributed by atoms with van der Waals surface area (Å²) in [6.45, 7) is 1.40. The molecule has 1 atom stereocenters. The van der Waals surface area contributed by atoms with Crippen molar-refractivity contribution in [1.29, 1.82) is 0 Å². The summed E-state index contributed by atoms with van der Waals surface area (Å²) in [4.78, 5) is 55.8. The van der Waals surface area contributed by atoms with Crippen molar-refractivity contribution >= 4 is 29.3 Å². The largest absolute Gasteiger partial charge is 0.364 e. The van der Waals surface area contributed by atoms with E-state index in [1.54, 1.807) is 34.2 Å². The summed E-state index contributed by atoms with van der Waals surface area (Å²) >= 11 is 0. The highest BCUT2D eigenvalue weighted by atomic mass is 16.7. The molecule has 1 fully saturated rings. The first-order chi connectivity index (χ1) is 16.0. The lowest BCUT2D eigenvalue weighted by Gasteiger charge is -2.29. The number of fused-ring (bicyclic) bond motifs is 1. The van der Waals surface area contributed by atoms with Crippen LogP contribution in [0.2, 0.25) is 0 Å². The zero-order valence-corrected chi connectivity index (χ0v) is 18.0. The van der Waals surface area contributed by atoms with Crippen LogP contribution in [-0.2, 0) is 21.0 Å². The van der Waals surface area contributed by atoms with Crippen LogP contribution < -0.4 is 5.32 Å². The number of benzene rings is 2. The van der Waals surface area contributed by atoms with Crippen LogP contribution in [0.5, 0.6) is 0 Å². The molecule has 0 unspecified atom stereocenters. The van der Waals surface area contributed by atoms with Crippen molar-refractivity contribution < 1.29 is 24.0 Å². The Morgan fingerprint density at radius 3 is 2.58 bits per heavy atom. The van der Waals surface area contributed by atoms with Gasteiger partial charge in [0, 0.05) is 25.1 Å². The molecule has 1 N–H and O–H groups in total. The van der Waals surface area contributed by atoms with E-state index in [0.29, 0.717) is 43.6 Å². The van der Waals surface area contributed by atoms with E-state index >= 15 is 0 Å². The number of hydrogen-bond donors (Lipinski definition) is 1. The molecule has 168 valence electrons. The third kappa shape index (κ3) is 4.17. The van der Waals surface area contributed by atoms with Gasteiger partial charge >= 0.3 is 5.97 Å². The summed E-state index contributed by atoms with van der Waals surface area (Å²) in [5.41, 5.74) is 4.12. The predicted molar refractivity (Wildman–Crippen MR) is 119 cm³/mol. The molecule has 8 nitrogen and oxygen atoms in total. The summed E-state index contributed by atoms with van der Waals surface area (Å²) in [6, 6.07) is 14.0. The number of hydrogen-bond acceptors (Lipinski definition) is 6. The zero-order valence-electron chi connectivity index (χ0n) is 18.0. The fourth-order valence-corrected chi connectivity index (χ4v) is 4.51. The topological polar surface area (TPSA) is 96.0 Å². The molecule has 3 aliphatic heterocycles. The number of piperidine rings is 1. The number of rotatable bonds is 4. The number of hydroxylamine groups is 2. The predicted octanol–water partition coefficient (Wildman–Crippen LogP) is 2.31. The smallest absolute Gasteiger partial charge is 0.357 e. The molecule has 0 saturated carbocycles. The van der Waals surface area contributed by atoms with E-state index in [-0.39, 0.29) is 24.2 Å². The summed E-state index contributed by atoms with van der Waals surface area (Å²) in [7, 11) is 0. The minimum absolute atomic E-state index is 0.178. The van der Waals surface area contributed by atoms with Crippen LogP contribution in [0.25, 0.3) is 5.57 Å². The Labute approximate surface area is 190 Å². The van der Waals surface area contributed by atoms with Crippen LogP contribution in [0, 0.1) is 0 Å². The molecule has 3 amide bonds. The highest BCUT2D eigenvalue weighted by molar-refractivity contribution is 6.05. The van der Waals surface area contributed by atoms with Crippen LogP contribution >= 0.6 is 0 Å². The summed E-state index contributed by atoms with van der Waals surface area (Å²) in [6.07, 6.45) is 3.31. The first-order valence-electron chi connectivity index (χ1n) is 11.0. The van der Waals surface area contributed by atoms with Gasteiger partial charge in [0.2, 0.25) is 11.8 Å². The van der Waals surface area contributed by atoms with Gasteiger partial charge in [-0.25, -0.2) is 4.79 Å². The average Bonchev–Trinajstić information content (AvgIpc) is 3.15. The first-order valence-corrected chi connectivity index (χ1v) is 11.0. The van der Waals surface area contributed by atoms with Crippen LogP contribution in [-0.4, -0.2) is 52.8 Å². The number of carbonyl (C=O) groups excluding carboxylic acids is 4. The Morgan fingerprint density at radius 1 is 1.03 bits per heavy atom. The maximum Gasteiger partial charge on any atom is 0.357 e. The quantitative estimate of drug-likeness (QED) is 0.726. The lowest BCUT2D eigenvalue weighted by Crippen LogP contribution is -2.52. The maximum absolute atomic E-state index is 12.9. The third-order valence-electron chi connectivity index (χ3n) is 6.29. The van der Waals surface area contributed by atoms with Gasteiger partial charge in [-0.15, -0.1) is 5.06 Å². The zero-order chi connectivity index (χ0) is 22.9. The SMILES string of the molecule is O=C1CC[C@H](N2Cc3cc(C4=CCN(OC(=O)c5ccccc5)CC4)ccc3C2=O)C(=O)N1. The van der Waals surface area contributed by atoms with Crippen LogP contribution in [0.1, 0.15) is 51.1 Å². The van der Waals surface area contributed by atoms with Crippen molar-refractivity contribution in [3.8, 4) is 0 Å². The van der Waals surface area contributed by atoms with E-state index in [2.05, 4.69) is 5.32 Å². The van der Waals surface area contributed by atoms with E-state index in [9.17, 15) is 19.2 Å². The van der Waals surface area contributed by atoms with E-state index in [1.807, 2.05) is 30.3 Å². The van der Waals surface area contributed by atoms with Gasteiger partial charge in [-0.3, -0.25) is 19.7 Å². The molecule has 3 heterocycles. The van der Waals surface area contributed by atoms with Crippen molar-refractivity contribution in [2.24, 2.45) is 0 Å². The van der Waals surface area contributed by atoms with Crippen LogP contribution in [0.4, 0.5) is 0 Å². The van der Waals surface area contributed by atoms with Crippen molar-refractivity contribution in [3.05, 3.63) is 76.9 Å². The molecule has 5 rings (SSSR count). The monoisotopic (exact) mass is 445 g/mol. The summed E-state index contributed by atoms with van der Waals surface area (Å²) in [5, 5.41) is 3.96. The molecule has 33 heavy (non-hydrogen) atoms. The Morgan fingerprint density at radius 2 is 1.85 bits per heavy atom. The Kier molecular flexibility index (Phi) is 5.51. The highest BCUT2D eigenvalue weighted by Gasteiger charge is 2.39. The highest BCUT2D eigenvalue weighted by Crippen LogP contribution is 2.31. The number of imide groups is 1. The second-order valence-electron chi connectivity index (χ2n) is 8.38. The standard InChI is InChI=1S/C25H23N3O5/c29-22-9-8-21(23(30)26-22)28-15-19-14-18(6-7-20(19)24(28)31)16-10-12-27(13-11-16)33-25(32)17-4-2-1-3-5-17/h1-7,10,14,21H,8-9,11-13,15H2,(H,26,29,30)/t21-/m0/s1. The number of amides is 3. The minimum Gasteiger partial charge on any atom is -0.364 e. The van der Waals surface area contributed by atoms with Gasteiger partial charge in [0.25, 0.3) is 5.91 Å². The normalized spacial score (nSPS) is 20.8. The van der Waals surface area contributed by atoms with Gasteiger partial charge < -0.3 is 9.74 Å². The van der Waals surface area contributed by atoms with Crippen LogP contribution in [0.15, 0.2) is 54.6 Å². The van der Waals surface area contributed by atoms with Crippen LogP contribution in [0.3, 0.4) is 0 Å². The molecule has 0 aromatic heterocycles. The molecule has 0 spiro atoms. The summed E-state index contributed by atoms with van der Waals surface area (Å²) < 4.78 is 0. The Hall–Kier alpha value is -3.78. The Balaban J connectivity index is 1.25. The van der Waals surface area contributed by atoms with Crippen molar-refractivity contribution in [3.63, 3.8) is 0 Å². The van der Waals surface area contributed by atoms with Crippen molar-refractivity contribution in [2.75, 3.05) is 13.1 Å². The molecular weight excluding hydrogens is 422 g/mol. The second-order valence-corrected chi connectivity index (χ2v) is 8.38. The van der Waals surface area contributed by atoms with Gasteiger partial charge in [0.1, 0.15) is 6.04 Å². The lowest BCUT2D eigenvalue weighted by molar-refractivity contribution is -0.136. The van der Waals surface area contributed by atoms with Gasteiger partial charge in [0.05, 0.1) is 12.1 Å². The third-order valence-corrected chi connectivity index (χ3v) is 6.29. The average molecular weight is 445 g/mol. The first kappa shape index (κ1) is 21.1. The number of carbonyl (C=O) groups is 4. The molecule has 1 saturated heterocycles. The molecule has 2 aromatic rings. The number of nitrogens with one attached hydrogen (secondary N) is 1. The molecule has 0 aliphatic carbocycles. The lowest BCUT2D eigenvalue weighted by atomic mass is 9.96. The van der Waals surface area contributed by atoms with Gasteiger partial charge in [-0.05, 0) is 53.8 Å². The van der Waals surface area contributed by atoms with E-state index in [4.69, 9.17) is 4.84 Å². The summed E-state index contributed by atoms with van der Waals surface area (Å²) in [5.74, 6) is -1.26. The maximum atomic E-state index is 12.9. The fourth-order valence-electron chi connectivity index (χ4n) is 4.51. The van der Waals surface area contributed by atoms with Gasteiger partial charge in [-0.2, -0.15) is 0 Å². The van der Waals surface area contributed by atoms with Gasteiger partial charge in [-0.1, -0.05) is 30.3 Å². The van der Waals surface area contributed by atoms with Crippen molar-refractivity contribution in [2.45, 2.75) is 31.8 Å². The van der Waals surface area contributed by atoms with Crippen molar-refractivity contribution in [1.82, 2.24) is 15.3 Å².